The van der Waals surface area contributed by atoms with Gasteiger partial charge in [-0.3, -0.25) is 9.67 Å². The SMILES string of the molecule is COCC(C(C)C)n1c(C(C)C)n[nH]c1=S. The Morgan fingerprint density at radius 2 is 2.00 bits per heavy atom. The second-order valence-electron chi connectivity index (χ2n) is 4.68. The lowest BCUT2D eigenvalue weighted by Crippen LogP contribution is -2.23. The zero-order valence-electron chi connectivity index (χ0n) is 10.7. The number of hydrogen-bond donors (Lipinski definition) is 1. The van der Waals surface area contributed by atoms with Gasteiger partial charge in [-0.1, -0.05) is 27.7 Å². The van der Waals surface area contributed by atoms with Crippen LogP contribution in [0.5, 0.6) is 0 Å². The molecule has 0 amide bonds. The lowest BCUT2D eigenvalue weighted by molar-refractivity contribution is 0.130. The summed E-state index contributed by atoms with van der Waals surface area (Å²) in [5.74, 6) is 1.81. The third kappa shape index (κ3) is 2.71. The van der Waals surface area contributed by atoms with E-state index in [-0.39, 0.29) is 6.04 Å². The molecule has 1 unspecified atom stereocenters. The smallest absolute Gasteiger partial charge is 0.195 e. The minimum absolute atomic E-state index is 0.244. The summed E-state index contributed by atoms with van der Waals surface area (Å²) in [4.78, 5) is 0. The Kier molecular flexibility index (Phi) is 4.68. The van der Waals surface area contributed by atoms with Crippen LogP contribution >= 0.6 is 12.2 Å². The highest BCUT2D eigenvalue weighted by molar-refractivity contribution is 7.71. The molecule has 0 aliphatic rings. The first-order valence-corrected chi connectivity index (χ1v) is 6.05. The Hall–Kier alpha value is -0.680. The third-order valence-corrected chi connectivity index (χ3v) is 2.97. The van der Waals surface area contributed by atoms with Crippen LogP contribution in [0.3, 0.4) is 0 Å². The van der Waals surface area contributed by atoms with E-state index in [9.17, 15) is 0 Å². The van der Waals surface area contributed by atoms with Gasteiger partial charge in [-0.05, 0) is 18.1 Å². The minimum Gasteiger partial charge on any atom is -0.383 e. The molecule has 1 aromatic rings. The predicted molar refractivity (Wildman–Crippen MR) is 67.3 cm³/mol. The lowest BCUT2D eigenvalue weighted by Gasteiger charge is -2.23. The maximum absolute atomic E-state index is 5.29. The van der Waals surface area contributed by atoms with Gasteiger partial charge in [0, 0.05) is 13.0 Å². The van der Waals surface area contributed by atoms with Crippen LogP contribution in [0.1, 0.15) is 45.5 Å². The van der Waals surface area contributed by atoms with Gasteiger partial charge >= 0.3 is 0 Å². The topological polar surface area (TPSA) is 42.8 Å². The van der Waals surface area contributed by atoms with E-state index in [0.717, 1.165) is 5.82 Å². The molecule has 1 aromatic heterocycles. The first kappa shape index (κ1) is 13.4. The molecule has 1 N–H and O–H groups in total. The van der Waals surface area contributed by atoms with Crippen molar-refractivity contribution in [2.24, 2.45) is 5.92 Å². The van der Waals surface area contributed by atoms with Crippen LogP contribution < -0.4 is 0 Å². The van der Waals surface area contributed by atoms with E-state index in [4.69, 9.17) is 17.0 Å². The van der Waals surface area contributed by atoms with E-state index in [1.54, 1.807) is 7.11 Å². The molecule has 0 bridgehead atoms. The summed E-state index contributed by atoms with van der Waals surface area (Å²) in [6.07, 6.45) is 0. The van der Waals surface area contributed by atoms with Crippen LogP contribution in [0.2, 0.25) is 0 Å². The molecule has 4 nitrogen and oxygen atoms in total. The highest BCUT2D eigenvalue weighted by Gasteiger charge is 2.21. The number of methoxy groups -OCH3 is 1. The zero-order chi connectivity index (χ0) is 12.3. The number of nitrogens with one attached hydrogen (secondary N) is 1. The van der Waals surface area contributed by atoms with Crippen molar-refractivity contribution in [3.8, 4) is 0 Å². The van der Waals surface area contributed by atoms with Gasteiger partial charge in [0.2, 0.25) is 0 Å². The molecule has 16 heavy (non-hydrogen) atoms. The number of aromatic nitrogens is 3. The molecule has 0 spiro atoms. The second kappa shape index (κ2) is 5.59. The van der Waals surface area contributed by atoms with Gasteiger partial charge < -0.3 is 4.74 Å². The fraction of sp³-hybridized carbons (Fsp3) is 0.818. The number of aromatic amines is 1. The standard InChI is InChI=1S/C11H21N3OS/c1-7(2)9(6-15-5)14-10(8(3)4)12-13-11(14)16/h7-9H,6H2,1-5H3,(H,13,16). The molecule has 0 aromatic carbocycles. The quantitative estimate of drug-likeness (QED) is 0.809. The van der Waals surface area contributed by atoms with E-state index in [1.165, 1.54) is 0 Å². The van der Waals surface area contributed by atoms with Crippen molar-refractivity contribution >= 4 is 12.2 Å². The summed E-state index contributed by atoms with van der Waals surface area (Å²) in [6.45, 7) is 9.23. The van der Waals surface area contributed by atoms with Crippen LogP contribution in [-0.2, 0) is 4.74 Å². The van der Waals surface area contributed by atoms with Gasteiger partial charge in [0.05, 0.1) is 12.6 Å². The largest absolute Gasteiger partial charge is 0.383 e. The van der Waals surface area contributed by atoms with Crippen LogP contribution in [0.15, 0.2) is 0 Å². The Bertz CT molecular complexity index is 381. The normalized spacial score (nSPS) is 13.7. The van der Waals surface area contributed by atoms with Gasteiger partial charge in [0.1, 0.15) is 5.82 Å². The molecular weight excluding hydrogens is 222 g/mol. The maximum atomic E-state index is 5.29. The van der Waals surface area contributed by atoms with Gasteiger partial charge in [-0.25, -0.2) is 0 Å². The van der Waals surface area contributed by atoms with Gasteiger partial charge in [0.25, 0.3) is 0 Å². The number of hydrogen-bond acceptors (Lipinski definition) is 3. The summed E-state index contributed by atoms with van der Waals surface area (Å²) in [6, 6.07) is 0.244. The highest BCUT2D eigenvalue weighted by Crippen LogP contribution is 2.23. The fourth-order valence-corrected chi connectivity index (χ4v) is 2.06. The van der Waals surface area contributed by atoms with Crippen molar-refractivity contribution in [2.45, 2.75) is 39.7 Å². The van der Waals surface area contributed by atoms with E-state index in [2.05, 4.69) is 42.5 Å². The molecule has 5 heteroatoms. The van der Waals surface area contributed by atoms with Crippen molar-refractivity contribution in [1.29, 1.82) is 0 Å². The van der Waals surface area contributed by atoms with E-state index >= 15 is 0 Å². The molecular formula is C11H21N3OS. The summed E-state index contributed by atoms with van der Waals surface area (Å²) >= 11 is 5.29. The molecule has 1 atom stereocenters. The van der Waals surface area contributed by atoms with Gasteiger partial charge in [-0.15, -0.1) is 0 Å². The van der Waals surface area contributed by atoms with E-state index < -0.39 is 0 Å². The van der Waals surface area contributed by atoms with Gasteiger partial charge in [-0.2, -0.15) is 5.10 Å². The molecule has 92 valence electrons. The molecule has 0 fully saturated rings. The Morgan fingerprint density at radius 3 is 2.44 bits per heavy atom. The second-order valence-corrected chi connectivity index (χ2v) is 5.07. The number of nitrogens with zero attached hydrogens (tertiary/aromatic N) is 2. The Morgan fingerprint density at radius 1 is 1.38 bits per heavy atom. The number of H-pyrrole nitrogens is 1. The van der Waals surface area contributed by atoms with Crippen molar-refractivity contribution in [1.82, 2.24) is 14.8 Å². The average Bonchev–Trinajstić information content (AvgIpc) is 2.56. The zero-order valence-corrected chi connectivity index (χ0v) is 11.5. The first-order valence-electron chi connectivity index (χ1n) is 5.64. The summed E-state index contributed by atoms with van der Waals surface area (Å²) in [5, 5.41) is 7.16. The van der Waals surface area contributed by atoms with E-state index in [0.29, 0.717) is 23.2 Å². The van der Waals surface area contributed by atoms with Gasteiger partial charge in [0.15, 0.2) is 4.77 Å². The predicted octanol–water partition coefficient (Wildman–Crippen LogP) is 2.91. The van der Waals surface area contributed by atoms with E-state index in [1.807, 2.05) is 0 Å². The minimum atomic E-state index is 0.244. The number of ether oxygens (including phenoxy) is 1. The fourth-order valence-electron chi connectivity index (χ4n) is 1.78. The first-order chi connectivity index (χ1) is 7.49. The Balaban J connectivity index is 3.17. The van der Waals surface area contributed by atoms with Crippen LogP contribution in [0, 0.1) is 10.7 Å². The molecule has 0 aliphatic heterocycles. The van der Waals surface area contributed by atoms with Crippen molar-refractivity contribution in [3.63, 3.8) is 0 Å². The summed E-state index contributed by atoms with van der Waals surface area (Å²) in [7, 11) is 1.72. The lowest BCUT2D eigenvalue weighted by atomic mass is 10.0. The highest BCUT2D eigenvalue weighted by atomic mass is 32.1. The molecule has 0 saturated carbocycles. The average molecular weight is 243 g/mol. The van der Waals surface area contributed by atoms with Crippen LogP contribution in [-0.4, -0.2) is 28.5 Å². The summed E-state index contributed by atoms with van der Waals surface area (Å²) < 4.78 is 8.04. The summed E-state index contributed by atoms with van der Waals surface area (Å²) in [5.41, 5.74) is 0. The van der Waals surface area contributed by atoms with Crippen molar-refractivity contribution in [2.75, 3.05) is 13.7 Å². The maximum Gasteiger partial charge on any atom is 0.195 e. The number of rotatable bonds is 5. The van der Waals surface area contributed by atoms with Crippen LogP contribution in [0.25, 0.3) is 0 Å². The molecule has 0 saturated heterocycles. The van der Waals surface area contributed by atoms with Crippen molar-refractivity contribution < 1.29 is 4.74 Å². The van der Waals surface area contributed by atoms with Crippen molar-refractivity contribution in [3.05, 3.63) is 10.6 Å². The third-order valence-electron chi connectivity index (χ3n) is 2.69. The molecule has 1 rings (SSSR count). The molecule has 1 heterocycles. The van der Waals surface area contributed by atoms with Crippen LogP contribution in [0.4, 0.5) is 0 Å². The monoisotopic (exact) mass is 243 g/mol. The molecule has 0 aliphatic carbocycles. The molecule has 0 radical (unpaired) electrons. The Labute approximate surface area is 102 Å².